The number of thioether (sulfide) groups is 1. The van der Waals surface area contributed by atoms with Crippen LogP contribution in [-0.2, 0) is 11.3 Å². The van der Waals surface area contributed by atoms with Crippen molar-refractivity contribution in [3.05, 3.63) is 30.6 Å². The van der Waals surface area contributed by atoms with Crippen LogP contribution < -0.4 is 10.1 Å². The number of benzene rings is 1. The van der Waals surface area contributed by atoms with Crippen LogP contribution in [0.15, 0.2) is 35.7 Å². The molecule has 0 spiro atoms. The highest BCUT2D eigenvalue weighted by Gasteiger charge is 2.20. The van der Waals surface area contributed by atoms with Crippen molar-refractivity contribution in [1.29, 1.82) is 0 Å². The highest BCUT2D eigenvalue weighted by Crippen LogP contribution is 2.28. The number of amides is 1. The molecule has 0 saturated heterocycles. The number of anilines is 1. The molecule has 26 heavy (non-hydrogen) atoms. The number of para-hydroxylation sites is 2. The summed E-state index contributed by atoms with van der Waals surface area (Å²) in [6.45, 7) is 1.69. The van der Waals surface area contributed by atoms with Gasteiger partial charge in [-0.1, -0.05) is 43.7 Å². The van der Waals surface area contributed by atoms with Gasteiger partial charge in [0.05, 0.1) is 10.9 Å². The fraction of sp³-hybridized carbons (Fsp3) is 0.471. The third-order valence-electron chi connectivity index (χ3n) is 3.59. The van der Waals surface area contributed by atoms with Crippen LogP contribution in [0.25, 0.3) is 0 Å². The molecule has 0 bridgehead atoms. The lowest BCUT2D eigenvalue weighted by molar-refractivity contribution is -0.115. The number of halogens is 2. The van der Waals surface area contributed by atoms with Gasteiger partial charge < -0.3 is 14.6 Å². The van der Waals surface area contributed by atoms with Crippen molar-refractivity contribution < 1.29 is 18.3 Å². The third kappa shape index (κ3) is 5.98. The first kappa shape index (κ1) is 20.2. The summed E-state index contributed by atoms with van der Waals surface area (Å²) in [6, 6.07) is 6.09. The molecule has 2 rings (SSSR count). The molecule has 0 aliphatic heterocycles. The van der Waals surface area contributed by atoms with Gasteiger partial charge in [0.15, 0.2) is 5.16 Å². The van der Waals surface area contributed by atoms with Crippen LogP contribution >= 0.6 is 11.8 Å². The van der Waals surface area contributed by atoms with Crippen molar-refractivity contribution in [2.75, 3.05) is 5.32 Å². The van der Waals surface area contributed by atoms with Crippen LogP contribution in [0.1, 0.15) is 33.1 Å². The van der Waals surface area contributed by atoms with E-state index in [1.807, 2.05) is 4.57 Å². The molecule has 0 fully saturated rings. The molecule has 0 unspecified atom stereocenters. The van der Waals surface area contributed by atoms with Crippen molar-refractivity contribution >= 4 is 23.4 Å². The Hall–Kier alpha value is -2.16. The Morgan fingerprint density at radius 1 is 1.35 bits per heavy atom. The summed E-state index contributed by atoms with van der Waals surface area (Å²) in [7, 11) is 0. The first-order valence-corrected chi connectivity index (χ1v) is 9.28. The van der Waals surface area contributed by atoms with E-state index in [2.05, 4.69) is 27.2 Å². The van der Waals surface area contributed by atoms with E-state index in [1.165, 1.54) is 23.9 Å². The Bertz CT molecular complexity index is 712. The second-order valence-corrected chi connectivity index (χ2v) is 6.95. The Morgan fingerprint density at radius 3 is 2.85 bits per heavy atom. The smallest absolute Gasteiger partial charge is 0.387 e. The van der Waals surface area contributed by atoms with Crippen LogP contribution in [0.2, 0.25) is 0 Å². The molecule has 2 aromatic rings. The Morgan fingerprint density at radius 2 is 2.12 bits per heavy atom. The largest absolute Gasteiger partial charge is 0.433 e. The van der Waals surface area contributed by atoms with E-state index >= 15 is 0 Å². The summed E-state index contributed by atoms with van der Waals surface area (Å²) < 4.78 is 31.3. The molecule has 6 nitrogen and oxygen atoms in total. The Balaban J connectivity index is 1.98. The molecule has 0 aliphatic rings. The standard InChI is InChI=1S/C17H22F2N4O2S/c1-3-4-7-10-23-11-20-22-17(23)26-12(2)15(24)21-13-8-5-6-9-14(13)25-16(18)19/h5-6,8-9,11-12,16H,3-4,7,10H2,1-2H3,(H,21,24)/t12-/m1/s1. The number of alkyl halides is 2. The number of nitrogens with zero attached hydrogens (tertiary/aromatic N) is 3. The van der Waals surface area contributed by atoms with Gasteiger partial charge >= 0.3 is 6.61 Å². The van der Waals surface area contributed by atoms with Gasteiger partial charge in [-0.15, -0.1) is 10.2 Å². The second-order valence-electron chi connectivity index (χ2n) is 5.64. The topological polar surface area (TPSA) is 69.0 Å². The fourth-order valence-electron chi connectivity index (χ4n) is 2.24. The quantitative estimate of drug-likeness (QED) is 0.491. The Kier molecular flexibility index (Phi) is 7.83. The maximum atomic E-state index is 12.5. The van der Waals surface area contributed by atoms with Crippen molar-refractivity contribution in [1.82, 2.24) is 14.8 Å². The summed E-state index contributed by atoms with van der Waals surface area (Å²) in [5.74, 6) is -0.404. The lowest BCUT2D eigenvalue weighted by Crippen LogP contribution is -2.23. The molecule has 1 N–H and O–H groups in total. The maximum absolute atomic E-state index is 12.5. The summed E-state index contributed by atoms with van der Waals surface area (Å²) in [5, 5.41) is 10.7. The van der Waals surface area contributed by atoms with Crippen LogP contribution in [0, 0.1) is 0 Å². The monoisotopic (exact) mass is 384 g/mol. The zero-order chi connectivity index (χ0) is 18.9. The van der Waals surface area contributed by atoms with Gasteiger partial charge in [-0.3, -0.25) is 4.79 Å². The molecule has 142 valence electrons. The van der Waals surface area contributed by atoms with Crippen LogP contribution in [0.5, 0.6) is 5.75 Å². The van der Waals surface area contributed by atoms with E-state index in [9.17, 15) is 13.6 Å². The fourth-order valence-corrected chi connectivity index (χ4v) is 3.09. The summed E-state index contributed by atoms with van der Waals surface area (Å²) >= 11 is 1.27. The number of aryl methyl sites for hydroxylation is 1. The molecule has 1 atom stereocenters. The number of nitrogens with one attached hydrogen (secondary N) is 1. The minimum absolute atomic E-state index is 0.0733. The van der Waals surface area contributed by atoms with Crippen molar-refractivity contribution in [3.8, 4) is 5.75 Å². The van der Waals surface area contributed by atoms with Gasteiger partial charge in [0.2, 0.25) is 5.91 Å². The lowest BCUT2D eigenvalue weighted by atomic mass is 10.2. The van der Waals surface area contributed by atoms with Gasteiger partial charge in [0, 0.05) is 6.54 Å². The van der Waals surface area contributed by atoms with Crippen molar-refractivity contribution in [2.45, 2.75) is 56.7 Å². The van der Waals surface area contributed by atoms with Crippen molar-refractivity contribution in [2.24, 2.45) is 0 Å². The van der Waals surface area contributed by atoms with Crippen LogP contribution in [0.4, 0.5) is 14.5 Å². The number of unbranched alkanes of at least 4 members (excludes halogenated alkanes) is 2. The number of ether oxygens (including phenoxy) is 1. The first-order valence-electron chi connectivity index (χ1n) is 8.40. The van der Waals surface area contributed by atoms with Gasteiger partial charge in [0.1, 0.15) is 12.1 Å². The average Bonchev–Trinajstić information content (AvgIpc) is 3.03. The predicted molar refractivity (Wildman–Crippen MR) is 96.6 cm³/mol. The third-order valence-corrected chi connectivity index (χ3v) is 4.69. The van der Waals surface area contributed by atoms with E-state index in [0.29, 0.717) is 5.16 Å². The van der Waals surface area contributed by atoms with Gasteiger partial charge in [0.25, 0.3) is 0 Å². The number of carbonyl (C=O) groups excluding carboxylic acids is 1. The van der Waals surface area contributed by atoms with Gasteiger partial charge in [-0.2, -0.15) is 8.78 Å². The van der Waals surface area contributed by atoms with E-state index in [-0.39, 0.29) is 17.3 Å². The SMILES string of the molecule is CCCCCn1cnnc1S[C@H](C)C(=O)Nc1ccccc1OC(F)F. The number of rotatable bonds is 10. The summed E-state index contributed by atoms with van der Waals surface area (Å²) in [4.78, 5) is 12.4. The number of aromatic nitrogens is 3. The number of hydrogen-bond donors (Lipinski definition) is 1. The number of carbonyl (C=O) groups is 1. The minimum atomic E-state index is -2.96. The second kappa shape index (κ2) is 10.1. The molecule has 0 radical (unpaired) electrons. The molecule has 1 heterocycles. The average molecular weight is 384 g/mol. The minimum Gasteiger partial charge on any atom is -0.433 e. The molecule has 1 aromatic carbocycles. The predicted octanol–water partition coefficient (Wildman–Crippen LogP) is 4.19. The van der Waals surface area contributed by atoms with Gasteiger partial charge in [-0.25, -0.2) is 0 Å². The molecule has 9 heteroatoms. The lowest BCUT2D eigenvalue weighted by Gasteiger charge is -2.15. The highest BCUT2D eigenvalue weighted by molar-refractivity contribution is 8.00. The molecule has 1 amide bonds. The van der Waals surface area contributed by atoms with E-state index < -0.39 is 11.9 Å². The summed E-state index contributed by atoms with van der Waals surface area (Å²) in [6.07, 6.45) is 4.89. The summed E-state index contributed by atoms with van der Waals surface area (Å²) in [5.41, 5.74) is 0.203. The molecular formula is C17H22F2N4O2S. The van der Waals surface area contributed by atoms with Crippen LogP contribution in [-0.4, -0.2) is 32.5 Å². The van der Waals surface area contributed by atoms with E-state index in [0.717, 1.165) is 25.8 Å². The van der Waals surface area contributed by atoms with E-state index in [4.69, 9.17) is 0 Å². The molecule has 0 saturated carbocycles. The maximum Gasteiger partial charge on any atom is 0.387 e. The zero-order valence-corrected chi connectivity index (χ0v) is 15.5. The molecule has 1 aromatic heterocycles. The molecular weight excluding hydrogens is 362 g/mol. The first-order chi connectivity index (χ1) is 12.5. The highest BCUT2D eigenvalue weighted by atomic mass is 32.2. The molecule has 0 aliphatic carbocycles. The number of hydrogen-bond acceptors (Lipinski definition) is 5. The van der Waals surface area contributed by atoms with Gasteiger partial charge in [-0.05, 0) is 25.5 Å². The van der Waals surface area contributed by atoms with Crippen LogP contribution in [0.3, 0.4) is 0 Å². The normalized spacial score (nSPS) is 12.2. The Labute approximate surface area is 155 Å². The van der Waals surface area contributed by atoms with E-state index in [1.54, 1.807) is 25.4 Å². The zero-order valence-electron chi connectivity index (χ0n) is 14.7. The van der Waals surface area contributed by atoms with Crippen molar-refractivity contribution in [3.63, 3.8) is 0 Å².